The first-order valence-corrected chi connectivity index (χ1v) is 27.4. The molecule has 2 bridgehead atoms. The number of piperazine rings is 1. The third-order valence-electron chi connectivity index (χ3n) is 16.2. The van der Waals surface area contributed by atoms with Crippen LogP contribution in [0, 0.1) is 5.92 Å². The second-order valence-corrected chi connectivity index (χ2v) is 21.8. The number of β-amino-alcohol motifs (C(OH)–C–C–N with tert-alkyl or cyclic N) is 1. The number of ether oxygens (including phenoxy) is 3. The molecule has 0 spiro atoms. The quantitative estimate of drug-likeness (QED) is 0.0787. The summed E-state index contributed by atoms with van der Waals surface area (Å²) in [6.45, 7) is 10.1. The van der Waals surface area contributed by atoms with E-state index in [4.69, 9.17) is 24.5 Å². The molecular formula is C58H69N11O9. The minimum atomic E-state index is -0.873. The predicted molar refractivity (Wildman–Crippen MR) is 292 cm³/mol. The second-order valence-electron chi connectivity index (χ2n) is 21.8. The molecule has 20 heteroatoms. The zero-order chi connectivity index (χ0) is 54.0. The van der Waals surface area contributed by atoms with Crippen molar-refractivity contribution in [1.29, 1.82) is 0 Å². The van der Waals surface area contributed by atoms with E-state index in [0.717, 1.165) is 81.6 Å². The van der Waals surface area contributed by atoms with E-state index in [9.17, 15) is 24.6 Å². The lowest BCUT2D eigenvalue weighted by atomic mass is 9.91. The maximum Gasteiger partial charge on any atom is 0.255 e. The number of pyridine rings is 2. The average molecular weight is 1060 g/mol. The third kappa shape index (κ3) is 11.4. The number of para-hydroxylation sites is 1. The number of phenols is 1. The summed E-state index contributed by atoms with van der Waals surface area (Å²) in [6, 6.07) is 26.5. The van der Waals surface area contributed by atoms with Gasteiger partial charge in [-0.2, -0.15) is 0 Å². The van der Waals surface area contributed by atoms with E-state index in [1.54, 1.807) is 41.1 Å². The molecule has 8 heterocycles. The Kier molecular flexibility index (Phi) is 15.4. The summed E-state index contributed by atoms with van der Waals surface area (Å²) in [6.07, 6.45) is 8.79. The summed E-state index contributed by atoms with van der Waals surface area (Å²) < 4.78 is 26.3. The van der Waals surface area contributed by atoms with Crippen LogP contribution in [0.5, 0.6) is 17.5 Å². The third-order valence-corrected chi connectivity index (χ3v) is 16.2. The van der Waals surface area contributed by atoms with Crippen molar-refractivity contribution in [1.82, 2.24) is 40.0 Å². The molecule has 4 aromatic heterocycles. The van der Waals surface area contributed by atoms with E-state index in [2.05, 4.69) is 52.5 Å². The van der Waals surface area contributed by atoms with E-state index >= 15 is 0 Å². The number of aliphatic hydroxyl groups is 1. The normalized spacial score (nSPS) is 23.3. The van der Waals surface area contributed by atoms with Crippen LogP contribution in [0.1, 0.15) is 89.0 Å². The molecule has 6 atom stereocenters. The number of piperidine rings is 1. The summed E-state index contributed by atoms with van der Waals surface area (Å²) >= 11 is 0. The maximum absolute atomic E-state index is 14.2. The Balaban J connectivity index is 0.602. The number of aliphatic hydroxyl groups excluding tert-OH is 1. The number of hydrogen-bond donors (Lipinski definition) is 4. The first kappa shape index (κ1) is 52.5. The highest BCUT2D eigenvalue weighted by atomic mass is 16.5. The number of carbonyl (C=O) groups excluding carboxylic acids is 2. The van der Waals surface area contributed by atoms with Gasteiger partial charge in [0.05, 0.1) is 35.7 Å². The SMILES string of the molecule is CC(C)[C@@H](C(=O)N1C[C@H](O)C[C@H]1C(=O)N[C@@H](C)c1ccc(-n2ccccc2=O)cc1)c1cc(OCCN2CCC(OC3CC(Oc4cc(N5C6CCC5CN(c5cc(-c7ccccc7O)nnc5N)C6)ccn4)C3)CC2)no1. The van der Waals surface area contributed by atoms with Gasteiger partial charge in [-0.05, 0) is 91.7 Å². The highest BCUT2D eigenvalue weighted by molar-refractivity contribution is 5.91. The second kappa shape index (κ2) is 22.8. The number of phenolic OH excluding ortho intramolecular Hbond substituents is 1. The standard InChI is InChI=1S/C58H69N11O9/c1-35(2)55(58(74)68-34-42(70)27-49(68)57(73)61-36(3)37-11-13-38(14-12-37)67-21-7-6-10-54(67)72)51-31-53(64-78-51)75-25-24-65-22-18-43(19-23-65)76-44-28-45(29-44)77-52-26-39(17-20-60-52)69-40-15-16-41(69)33-66(32-40)48-30-47(62-63-56(48)59)46-8-4-5-9-50(46)71/h4-14,17,20-21,26,30-31,35-36,40-45,49,55,70-71H,15-16,18-19,22-25,27-29,32-34H2,1-3H3,(H2,59,63)(H,61,73)/t36-,40?,41?,42+,44?,45?,49-,55+/m0/s1. The van der Waals surface area contributed by atoms with Crippen LogP contribution < -0.4 is 35.9 Å². The highest BCUT2D eigenvalue weighted by Crippen LogP contribution is 2.41. The molecule has 2 amide bonds. The Morgan fingerprint density at radius 3 is 2.33 bits per heavy atom. The number of anilines is 3. The Labute approximate surface area is 453 Å². The highest BCUT2D eigenvalue weighted by Gasteiger charge is 2.45. The van der Waals surface area contributed by atoms with Gasteiger partial charge in [0, 0.05) is 118 Å². The Bertz CT molecular complexity index is 3110. The summed E-state index contributed by atoms with van der Waals surface area (Å²) in [5, 5.41) is 36.9. The monoisotopic (exact) mass is 1060 g/mol. The van der Waals surface area contributed by atoms with E-state index in [1.165, 1.54) is 11.0 Å². The lowest BCUT2D eigenvalue weighted by Crippen LogP contribution is -2.54. The number of amides is 2. The van der Waals surface area contributed by atoms with Crippen LogP contribution in [-0.4, -0.2) is 145 Å². The fourth-order valence-electron chi connectivity index (χ4n) is 12.0. The van der Waals surface area contributed by atoms with Crippen molar-refractivity contribution in [3.8, 4) is 34.5 Å². The molecule has 410 valence electrons. The first-order valence-electron chi connectivity index (χ1n) is 27.4. The molecule has 6 aromatic rings. The number of aromatic hydroxyl groups is 1. The number of nitrogens with zero attached hydrogens (tertiary/aromatic N) is 9. The molecule has 5 N–H and O–H groups in total. The number of likely N-dealkylation sites (tertiary alicyclic amines) is 2. The van der Waals surface area contributed by atoms with Gasteiger partial charge in [0.15, 0.2) is 11.6 Å². The van der Waals surface area contributed by atoms with E-state index in [0.29, 0.717) is 47.6 Å². The number of nitrogens with one attached hydrogen (secondary N) is 1. The Morgan fingerprint density at radius 2 is 1.59 bits per heavy atom. The van der Waals surface area contributed by atoms with Gasteiger partial charge in [0.2, 0.25) is 17.7 Å². The summed E-state index contributed by atoms with van der Waals surface area (Å²) in [4.78, 5) is 53.5. The van der Waals surface area contributed by atoms with Crippen molar-refractivity contribution in [2.24, 2.45) is 5.92 Å². The topological polar surface area (TPSA) is 240 Å². The molecule has 5 aliphatic rings. The minimum Gasteiger partial charge on any atom is -0.507 e. The van der Waals surface area contributed by atoms with Gasteiger partial charge in [-0.25, -0.2) is 4.98 Å². The molecule has 0 radical (unpaired) electrons. The molecule has 78 heavy (non-hydrogen) atoms. The van der Waals surface area contributed by atoms with Crippen LogP contribution in [0.3, 0.4) is 0 Å². The molecule has 5 fully saturated rings. The van der Waals surface area contributed by atoms with E-state index in [-0.39, 0.29) is 78.3 Å². The van der Waals surface area contributed by atoms with Gasteiger partial charge in [0.25, 0.3) is 11.4 Å². The lowest BCUT2D eigenvalue weighted by molar-refractivity contribution is -0.141. The van der Waals surface area contributed by atoms with E-state index in [1.807, 2.05) is 69.4 Å². The Hall–Kier alpha value is -7.55. The zero-order valence-electron chi connectivity index (χ0n) is 44.3. The van der Waals surface area contributed by atoms with Gasteiger partial charge in [-0.1, -0.05) is 44.2 Å². The van der Waals surface area contributed by atoms with Crippen molar-refractivity contribution >= 4 is 29.0 Å². The van der Waals surface area contributed by atoms with Crippen LogP contribution in [0.25, 0.3) is 16.9 Å². The van der Waals surface area contributed by atoms with Crippen LogP contribution >= 0.6 is 0 Å². The summed E-state index contributed by atoms with van der Waals surface area (Å²) in [5.41, 5.74) is 10.9. The molecule has 20 nitrogen and oxygen atoms in total. The molecule has 1 aliphatic carbocycles. The number of fused-ring (bicyclic) bond motifs is 2. The number of hydrogen-bond acceptors (Lipinski definition) is 17. The van der Waals surface area contributed by atoms with Gasteiger partial charge in [-0.15, -0.1) is 10.2 Å². The van der Waals surface area contributed by atoms with Crippen molar-refractivity contribution in [3.05, 3.63) is 125 Å². The maximum atomic E-state index is 14.2. The molecule has 2 unspecified atom stereocenters. The molecule has 11 rings (SSSR count). The average Bonchev–Trinajstić information content (AvgIpc) is 4.21. The van der Waals surface area contributed by atoms with Crippen molar-refractivity contribution in [3.63, 3.8) is 0 Å². The molecular weight excluding hydrogens is 995 g/mol. The smallest absolute Gasteiger partial charge is 0.255 e. The fourth-order valence-corrected chi connectivity index (χ4v) is 12.0. The zero-order valence-corrected chi connectivity index (χ0v) is 44.3. The number of nitrogen functional groups attached to an aromatic ring is 1. The number of carbonyl (C=O) groups is 2. The summed E-state index contributed by atoms with van der Waals surface area (Å²) in [5.74, 6) is 0.159. The van der Waals surface area contributed by atoms with Gasteiger partial charge in [-0.3, -0.25) is 23.9 Å². The van der Waals surface area contributed by atoms with Crippen LogP contribution in [0.15, 0.2) is 113 Å². The van der Waals surface area contributed by atoms with Crippen molar-refractivity contribution in [2.45, 2.75) is 120 Å². The van der Waals surface area contributed by atoms with Crippen LogP contribution in [-0.2, 0) is 14.3 Å². The Morgan fingerprint density at radius 1 is 0.833 bits per heavy atom. The molecule has 4 saturated heterocycles. The number of rotatable bonds is 18. The molecule has 1 saturated carbocycles. The van der Waals surface area contributed by atoms with Crippen molar-refractivity contribution in [2.75, 3.05) is 61.4 Å². The van der Waals surface area contributed by atoms with Gasteiger partial charge >= 0.3 is 0 Å². The number of nitrogens with two attached hydrogens (primary N) is 1. The number of aromatic nitrogens is 5. The number of benzene rings is 2. The van der Waals surface area contributed by atoms with Crippen molar-refractivity contribution < 1.29 is 38.5 Å². The molecule has 2 aromatic carbocycles. The van der Waals surface area contributed by atoms with Gasteiger partial charge in [0.1, 0.15) is 30.4 Å². The molecule has 4 aliphatic heterocycles. The summed E-state index contributed by atoms with van der Waals surface area (Å²) in [7, 11) is 0. The van der Waals surface area contributed by atoms with Crippen LogP contribution in [0.4, 0.5) is 17.2 Å². The minimum absolute atomic E-state index is 0.0227. The fraction of sp³-hybridized carbons (Fsp3) is 0.466. The van der Waals surface area contributed by atoms with E-state index < -0.39 is 24.1 Å². The predicted octanol–water partition coefficient (Wildman–Crippen LogP) is 5.87. The lowest BCUT2D eigenvalue weighted by Gasteiger charge is -2.43. The largest absolute Gasteiger partial charge is 0.507 e. The first-order chi connectivity index (χ1) is 37.8. The van der Waals surface area contributed by atoms with Crippen LogP contribution in [0.2, 0.25) is 0 Å². The van der Waals surface area contributed by atoms with Gasteiger partial charge < -0.3 is 54.7 Å².